The molecular formula is C34H49IN4O2. The molecule has 1 N–H and O–H groups in total. The van der Waals surface area contributed by atoms with Crippen molar-refractivity contribution in [3.63, 3.8) is 0 Å². The Hall–Kier alpha value is -2.42. The van der Waals surface area contributed by atoms with Gasteiger partial charge in [-0.1, -0.05) is 108 Å². The van der Waals surface area contributed by atoms with Crippen molar-refractivity contribution in [2.45, 2.75) is 123 Å². The molecule has 0 bridgehead atoms. The fourth-order valence-electron chi connectivity index (χ4n) is 4.89. The highest BCUT2D eigenvalue weighted by Gasteiger charge is 2.05. The third-order valence-electron chi connectivity index (χ3n) is 7.39. The monoisotopic (exact) mass is 672 g/mol. The molecular weight excluding hydrogens is 623 g/mol. The van der Waals surface area contributed by atoms with Crippen molar-refractivity contribution in [2.75, 3.05) is 0 Å². The van der Waals surface area contributed by atoms with Crippen LogP contribution in [-0.4, -0.2) is 26.3 Å². The first-order valence-corrected chi connectivity index (χ1v) is 16.9. The number of unbranched alkanes of at least 4 members (excludes halogenated alkanes) is 15. The lowest BCUT2D eigenvalue weighted by atomic mass is 10.0. The van der Waals surface area contributed by atoms with Crippen molar-refractivity contribution in [3.05, 3.63) is 63.5 Å². The van der Waals surface area contributed by atoms with Crippen molar-refractivity contribution >= 4 is 34.5 Å². The summed E-state index contributed by atoms with van der Waals surface area (Å²) >= 11 is 2.26. The predicted molar refractivity (Wildman–Crippen MR) is 178 cm³/mol. The van der Waals surface area contributed by atoms with E-state index < -0.39 is 0 Å². The van der Waals surface area contributed by atoms with Crippen LogP contribution in [0.1, 0.15) is 121 Å². The van der Waals surface area contributed by atoms with Gasteiger partial charge in [0.1, 0.15) is 23.8 Å². The fourth-order valence-corrected chi connectivity index (χ4v) is 5.25. The molecule has 0 amide bonds. The molecule has 41 heavy (non-hydrogen) atoms. The van der Waals surface area contributed by atoms with E-state index in [9.17, 15) is 5.11 Å². The van der Waals surface area contributed by atoms with Crippen LogP contribution in [-0.2, 0) is 13.2 Å². The first kappa shape index (κ1) is 33.1. The van der Waals surface area contributed by atoms with E-state index >= 15 is 0 Å². The molecule has 224 valence electrons. The van der Waals surface area contributed by atoms with Crippen LogP contribution in [0.15, 0.2) is 53.7 Å². The van der Waals surface area contributed by atoms with Gasteiger partial charge in [-0.3, -0.25) is 9.67 Å². The van der Waals surface area contributed by atoms with Crippen LogP contribution in [0.4, 0.5) is 5.69 Å². The molecule has 0 radical (unpaired) electrons. The highest BCUT2D eigenvalue weighted by molar-refractivity contribution is 14.1. The minimum Gasteiger partial charge on any atom is -0.507 e. The number of phenols is 1. The number of aromatic hydroxyl groups is 1. The molecule has 0 aliphatic heterocycles. The quantitative estimate of drug-likeness (QED) is 0.0655. The predicted octanol–water partition coefficient (Wildman–Crippen LogP) is 10.2. The van der Waals surface area contributed by atoms with E-state index in [-0.39, 0.29) is 5.75 Å². The van der Waals surface area contributed by atoms with Crippen LogP contribution in [0.2, 0.25) is 0 Å². The van der Waals surface area contributed by atoms with Gasteiger partial charge in [0.15, 0.2) is 0 Å². The molecule has 0 saturated carbocycles. The summed E-state index contributed by atoms with van der Waals surface area (Å²) in [5, 5.41) is 18.9. The molecule has 0 spiro atoms. The average molecular weight is 673 g/mol. The molecule has 3 aromatic rings. The maximum atomic E-state index is 10.4. The minimum atomic E-state index is 0.129. The van der Waals surface area contributed by atoms with E-state index in [1.165, 1.54) is 96.3 Å². The number of rotatable bonds is 22. The summed E-state index contributed by atoms with van der Waals surface area (Å²) in [4.78, 5) is 4.43. The zero-order chi connectivity index (χ0) is 29.0. The van der Waals surface area contributed by atoms with E-state index in [0.717, 1.165) is 27.9 Å². The van der Waals surface area contributed by atoms with E-state index in [1.54, 1.807) is 18.3 Å². The van der Waals surface area contributed by atoms with Gasteiger partial charge in [0.05, 0.1) is 11.9 Å². The van der Waals surface area contributed by atoms with Crippen LogP contribution in [0.5, 0.6) is 11.5 Å². The van der Waals surface area contributed by atoms with E-state index in [2.05, 4.69) is 44.8 Å². The van der Waals surface area contributed by atoms with Gasteiger partial charge in [0.25, 0.3) is 0 Å². The van der Waals surface area contributed by atoms with Crippen molar-refractivity contribution in [1.29, 1.82) is 0 Å². The van der Waals surface area contributed by atoms with Gasteiger partial charge in [0.2, 0.25) is 0 Å². The molecule has 2 aromatic carbocycles. The Morgan fingerprint density at radius 2 is 1.39 bits per heavy atom. The van der Waals surface area contributed by atoms with E-state index in [4.69, 9.17) is 4.74 Å². The molecule has 0 atom stereocenters. The Kier molecular flexibility index (Phi) is 16.5. The number of halogens is 1. The number of ether oxygens (including phenoxy) is 1. The first-order valence-electron chi connectivity index (χ1n) is 15.8. The third kappa shape index (κ3) is 14.3. The maximum absolute atomic E-state index is 10.4. The summed E-state index contributed by atoms with van der Waals surface area (Å²) in [6.07, 6.45) is 25.6. The Morgan fingerprint density at radius 3 is 1.98 bits per heavy atom. The van der Waals surface area contributed by atoms with Gasteiger partial charge in [0, 0.05) is 28.0 Å². The first-order chi connectivity index (χ1) is 20.1. The number of aliphatic imine (C=N–C) groups is 1. The lowest BCUT2D eigenvalue weighted by molar-refractivity contribution is 0.299. The summed E-state index contributed by atoms with van der Waals surface area (Å²) in [6, 6.07) is 13.1. The summed E-state index contributed by atoms with van der Waals surface area (Å²) < 4.78 is 8.90. The second-order valence-corrected chi connectivity index (χ2v) is 12.3. The second-order valence-electron chi connectivity index (χ2n) is 11.0. The van der Waals surface area contributed by atoms with Crippen molar-refractivity contribution in [1.82, 2.24) is 15.0 Å². The molecule has 0 unspecified atom stereocenters. The average Bonchev–Trinajstić information content (AvgIpc) is 3.44. The standard InChI is InChI=1S/C34H49IN4O2/c1-2-3-4-5-6-7-8-9-10-11-12-13-14-15-16-17-24-39-27-32(37-38-39)28-41-33-23-18-29(34(40)25-33)26-36-31-21-19-30(35)20-22-31/h18-23,25-27,40H,2-17,24,28H2,1H3. The second kappa shape index (κ2) is 20.5. The third-order valence-corrected chi connectivity index (χ3v) is 8.11. The zero-order valence-electron chi connectivity index (χ0n) is 24.9. The lowest BCUT2D eigenvalue weighted by Gasteiger charge is -2.06. The van der Waals surface area contributed by atoms with Crippen LogP contribution in [0.25, 0.3) is 0 Å². The largest absolute Gasteiger partial charge is 0.507 e. The van der Waals surface area contributed by atoms with Gasteiger partial charge in [-0.2, -0.15) is 0 Å². The SMILES string of the molecule is CCCCCCCCCCCCCCCCCCn1cc(COc2ccc(C=Nc3ccc(I)cc3)c(O)c2)nn1. The van der Waals surface area contributed by atoms with Gasteiger partial charge >= 0.3 is 0 Å². The number of aryl methyl sites for hydroxylation is 1. The lowest BCUT2D eigenvalue weighted by Crippen LogP contribution is -1.99. The number of phenolic OH excluding ortho intramolecular Hbond substituents is 1. The molecule has 0 aliphatic carbocycles. The van der Waals surface area contributed by atoms with Crippen molar-refractivity contribution < 1.29 is 9.84 Å². The van der Waals surface area contributed by atoms with Gasteiger partial charge in [-0.05, 0) is 65.4 Å². The maximum Gasteiger partial charge on any atom is 0.134 e. The molecule has 1 heterocycles. The highest BCUT2D eigenvalue weighted by atomic mass is 127. The van der Waals surface area contributed by atoms with Crippen LogP contribution >= 0.6 is 22.6 Å². The number of benzene rings is 2. The van der Waals surface area contributed by atoms with Gasteiger partial charge in [-0.25, -0.2) is 0 Å². The Bertz CT molecular complexity index is 1130. The molecule has 1 aromatic heterocycles. The Labute approximate surface area is 261 Å². The fraction of sp³-hybridized carbons (Fsp3) is 0.559. The van der Waals surface area contributed by atoms with E-state index in [1.807, 2.05) is 41.2 Å². The molecule has 0 aliphatic rings. The molecule has 0 saturated heterocycles. The molecule has 6 nitrogen and oxygen atoms in total. The van der Waals surface area contributed by atoms with Crippen molar-refractivity contribution in [2.24, 2.45) is 4.99 Å². The minimum absolute atomic E-state index is 0.129. The summed E-state index contributed by atoms with van der Waals surface area (Å²) in [7, 11) is 0. The normalized spacial score (nSPS) is 11.5. The summed E-state index contributed by atoms with van der Waals surface area (Å²) in [5.41, 5.74) is 2.26. The molecule has 7 heteroatoms. The van der Waals surface area contributed by atoms with E-state index in [0.29, 0.717) is 17.9 Å². The van der Waals surface area contributed by atoms with Gasteiger partial charge in [-0.15, -0.1) is 5.10 Å². The van der Waals surface area contributed by atoms with Crippen molar-refractivity contribution in [3.8, 4) is 11.5 Å². The molecule has 3 rings (SSSR count). The summed E-state index contributed by atoms with van der Waals surface area (Å²) in [6.45, 7) is 3.49. The van der Waals surface area contributed by atoms with Gasteiger partial charge < -0.3 is 9.84 Å². The number of aromatic nitrogens is 3. The summed E-state index contributed by atoms with van der Waals surface area (Å²) in [5.74, 6) is 0.713. The smallest absolute Gasteiger partial charge is 0.134 e. The zero-order valence-corrected chi connectivity index (χ0v) is 27.1. The number of hydrogen-bond donors (Lipinski definition) is 1. The Balaban J connectivity index is 1.20. The van der Waals surface area contributed by atoms with Crippen LogP contribution in [0, 0.1) is 3.57 Å². The van der Waals surface area contributed by atoms with Crippen LogP contribution in [0.3, 0.4) is 0 Å². The van der Waals surface area contributed by atoms with Crippen LogP contribution < -0.4 is 4.74 Å². The number of hydrogen-bond acceptors (Lipinski definition) is 5. The topological polar surface area (TPSA) is 72.5 Å². The number of nitrogens with zero attached hydrogens (tertiary/aromatic N) is 4. The molecule has 0 fully saturated rings. The Morgan fingerprint density at radius 1 is 0.805 bits per heavy atom. The highest BCUT2D eigenvalue weighted by Crippen LogP contribution is 2.24.